The van der Waals surface area contributed by atoms with Crippen LogP contribution in [0.1, 0.15) is 38.5 Å². The number of carboxylic acids is 1. The van der Waals surface area contributed by atoms with Crippen molar-refractivity contribution in [2.24, 2.45) is 12.5 Å². The molecule has 0 saturated heterocycles. The normalized spacial score (nSPS) is 19.1. The van der Waals surface area contributed by atoms with Crippen LogP contribution in [0.15, 0.2) is 23.4 Å². The summed E-state index contributed by atoms with van der Waals surface area (Å²) < 4.78 is 28.6. The molecule has 0 radical (unpaired) electrons. The lowest BCUT2D eigenvalue weighted by molar-refractivity contribution is -0.149. The van der Waals surface area contributed by atoms with E-state index in [0.717, 1.165) is 25.7 Å². The van der Waals surface area contributed by atoms with Gasteiger partial charge in [-0.2, -0.15) is 0 Å². The molecule has 0 spiro atoms. The van der Waals surface area contributed by atoms with Crippen LogP contribution in [-0.4, -0.2) is 30.6 Å². The van der Waals surface area contributed by atoms with Gasteiger partial charge in [-0.05, 0) is 18.9 Å². The molecule has 118 valence electrons. The van der Waals surface area contributed by atoms with Crippen LogP contribution in [0.3, 0.4) is 0 Å². The molecule has 0 amide bonds. The maximum atomic E-state index is 12.2. The molecule has 1 aliphatic rings. The van der Waals surface area contributed by atoms with Crippen molar-refractivity contribution in [3.05, 3.63) is 18.5 Å². The van der Waals surface area contributed by atoms with E-state index in [0.29, 0.717) is 12.8 Å². The van der Waals surface area contributed by atoms with Gasteiger partial charge in [0.25, 0.3) is 0 Å². The first-order chi connectivity index (χ1) is 9.86. The molecule has 2 N–H and O–H groups in total. The molecule has 0 atom stereocenters. The van der Waals surface area contributed by atoms with Crippen LogP contribution >= 0.6 is 0 Å². The minimum absolute atomic E-state index is 0.0421. The predicted molar refractivity (Wildman–Crippen MR) is 78.4 cm³/mol. The molecule has 1 aromatic rings. The van der Waals surface area contributed by atoms with E-state index in [-0.39, 0.29) is 11.4 Å². The molecule has 1 aliphatic carbocycles. The quantitative estimate of drug-likeness (QED) is 0.810. The number of carbonyl (C=O) groups is 1. The summed E-state index contributed by atoms with van der Waals surface area (Å²) in [4.78, 5) is 11.8. The van der Waals surface area contributed by atoms with Gasteiger partial charge < -0.3 is 9.67 Å². The van der Waals surface area contributed by atoms with Crippen LogP contribution in [0, 0.1) is 5.41 Å². The standard InChI is InChI=1S/C14H22N2O4S/c1-16-9-6-12(10-16)21(19,20)15-11-14(13(17)18)7-4-2-3-5-8-14/h6,9-10,15H,2-5,7-8,11H2,1H3,(H,17,18). The van der Waals surface area contributed by atoms with E-state index in [9.17, 15) is 18.3 Å². The maximum absolute atomic E-state index is 12.2. The van der Waals surface area contributed by atoms with Crippen molar-refractivity contribution in [1.29, 1.82) is 0 Å². The Bertz CT molecular complexity index is 598. The zero-order valence-electron chi connectivity index (χ0n) is 12.2. The van der Waals surface area contributed by atoms with Gasteiger partial charge in [0.05, 0.1) is 10.3 Å². The molecule has 1 fully saturated rings. The summed E-state index contributed by atoms with van der Waals surface area (Å²) in [5.41, 5.74) is -0.974. The second kappa shape index (κ2) is 6.19. The molecule has 1 heterocycles. The highest BCUT2D eigenvalue weighted by atomic mass is 32.2. The molecular weight excluding hydrogens is 292 g/mol. The van der Waals surface area contributed by atoms with E-state index in [1.165, 1.54) is 12.3 Å². The van der Waals surface area contributed by atoms with Crippen molar-refractivity contribution in [3.8, 4) is 0 Å². The number of carboxylic acid groups (broad SMARTS) is 1. The third-order valence-corrected chi connectivity index (χ3v) is 5.62. The van der Waals surface area contributed by atoms with Crippen LogP contribution in [-0.2, 0) is 21.9 Å². The third-order valence-electron chi connectivity index (χ3n) is 4.23. The number of sulfonamides is 1. The van der Waals surface area contributed by atoms with E-state index in [1.54, 1.807) is 17.8 Å². The minimum Gasteiger partial charge on any atom is -0.481 e. The Balaban J connectivity index is 2.13. The zero-order chi connectivity index (χ0) is 15.5. The number of hydrogen-bond acceptors (Lipinski definition) is 3. The lowest BCUT2D eigenvalue weighted by Gasteiger charge is -2.28. The van der Waals surface area contributed by atoms with Gasteiger partial charge in [-0.1, -0.05) is 25.7 Å². The highest BCUT2D eigenvalue weighted by molar-refractivity contribution is 7.89. The minimum atomic E-state index is -3.66. The third kappa shape index (κ3) is 3.65. The Morgan fingerprint density at radius 2 is 1.95 bits per heavy atom. The Kier molecular flexibility index (Phi) is 4.73. The van der Waals surface area contributed by atoms with Crippen molar-refractivity contribution in [1.82, 2.24) is 9.29 Å². The SMILES string of the molecule is Cn1ccc(S(=O)(=O)NCC2(C(=O)O)CCCCCC2)c1. The fourth-order valence-electron chi connectivity index (χ4n) is 2.82. The van der Waals surface area contributed by atoms with Crippen LogP contribution in [0.25, 0.3) is 0 Å². The van der Waals surface area contributed by atoms with Gasteiger partial charge >= 0.3 is 5.97 Å². The number of rotatable bonds is 5. The van der Waals surface area contributed by atoms with E-state index in [2.05, 4.69) is 4.72 Å². The van der Waals surface area contributed by atoms with Crippen LogP contribution in [0.4, 0.5) is 0 Å². The summed E-state index contributed by atoms with van der Waals surface area (Å²) in [5.74, 6) is -0.903. The van der Waals surface area contributed by atoms with E-state index in [1.807, 2.05) is 0 Å². The van der Waals surface area contributed by atoms with Crippen molar-refractivity contribution < 1.29 is 18.3 Å². The van der Waals surface area contributed by atoms with Crippen molar-refractivity contribution in [3.63, 3.8) is 0 Å². The van der Waals surface area contributed by atoms with Gasteiger partial charge in [-0.15, -0.1) is 0 Å². The monoisotopic (exact) mass is 314 g/mol. The Labute approximate surface area is 125 Å². The Morgan fingerprint density at radius 1 is 1.33 bits per heavy atom. The molecule has 0 aliphatic heterocycles. The summed E-state index contributed by atoms with van der Waals surface area (Å²) in [5, 5.41) is 9.55. The summed E-state index contributed by atoms with van der Waals surface area (Å²) in [6, 6.07) is 1.50. The molecule has 7 heteroatoms. The largest absolute Gasteiger partial charge is 0.481 e. The summed E-state index contributed by atoms with van der Waals surface area (Å²) in [6.45, 7) is -0.0421. The number of nitrogens with zero attached hydrogens (tertiary/aromatic N) is 1. The molecule has 1 aromatic heterocycles. The van der Waals surface area contributed by atoms with Crippen molar-refractivity contribution >= 4 is 16.0 Å². The molecule has 21 heavy (non-hydrogen) atoms. The lowest BCUT2D eigenvalue weighted by atomic mass is 9.80. The summed E-state index contributed by atoms with van der Waals surface area (Å²) in [6.07, 6.45) is 7.90. The summed E-state index contributed by atoms with van der Waals surface area (Å²) in [7, 11) is -1.92. The van der Waals surface area contributed by atoms with Crippen LogP contribution in [0.5, 0.6) is 0 Å². The van der Waals surface area contributed by atoms with E-state index >= 15 is 0 Å². The van der Waals surface area contributed by atoms with Gasteiger partial charge in [0, 0.05) is 26.0 Å². The second-order valence-electron chi connectivity index (χ2n) is 5.84. The van der Waals surface area contributed by atoms with Gasteiger partial charge in [-0.3, -0.25) is 4.79 Å². The number of aliphatic carboxylic acids is 1. The lowest BCUT2D eigenvalue weighted by Crippen LogP contribution is -2.42. The average Bonchev–Trinajstić information content (AvgIpc) is 2.73. The van der Waals surface area contributed by atoms with Crippen LogP contribution < -0.4 is 4.72 Å². The fraction of sp³-hybridized carbons (Fsp3) is 0.643. The number of nitrogens with one attached hydrogen (secondary N) is 1. The Morgan fingerprint density at radius 3 is 2.43 bits per heavy atom. The highest BCUT2D eigenvalue weighted by Crippen LogP contribution is 2.35. The molecule has 1 saturated carbocycles. The molecule has 0 unspecified atom stereocenters. The molecule has 2 rings (SSSR count). The van der Waals surface area contributed by atoms with Crippen molar-refractivity contribution in [2.45, 2.75) is 43.4 Å². The fourth-order valence-corrected chi connectivity index (χ4v) is 4.00. The van der Waals surface area contributed by atoms with E-state index < -0.39 is 21.4 Å². The molecule has 0 bridgehead atoms. The van der Waals surface area contributed by atoms with Gasteiger partial charge in [0.2, 0.25) is 10.0 Å². The number of aryl methyl sites for hydroxylation is 1. The van der Waals surface area contributed by atoms with Crippen LogP contribution in [0.2, 0.25) is 0 Å². The number of aromatic nitrogens is 1. The first-order valence-electron chi connectivity index (χ1n) is 7.21. The highest BCUT2D eigenvalue weighted by Gasteiger charge is 2.39. The summed E-state index contributed by atoms with van der Waals surface area (Å²) >= 11 is 0. The Hall–Kier alpha value is -1.34. The van der Waals surface area contributed by atoms with E-state index in [4.69, 9.17) is 0 Å². The molecular formula is C14H22N2O4S. The predicted octanol–water partition coefficient (Wildman–Crippen LogP) is 1.73. The topological polar surface area (TPSA) is 88.4 Å². The molecule has 6 nitrogen and oxygen atoms in total. The van der Waals surface area contributed by atoms with Gasteiger partial charge in [-0.25, -0.2) is 13.1 Å². The van der Waals surface area contributed by atoms with Gasteiger partial charge in [0.15, 0.2) is 0 Å². The second-order valence-corrected chi connectivity index (χ2v) is 7.60. The van der Waals surface area contributed by atoms with Crippen molar-refractivity contribution in [2.75, 3.05) is 6.54 Å². The first kappa shape index (κ1) is 16.0. The smallest absolute Gasteiger partial charge is 0.310 e. The first-order valence-corrected chi connectivity index (χ1v) is 8.69. The van der Waals surface area contributed by atoms with Gasteiger partial charge in [0.1, 0.15) is 0 Å². The average molecular weight is 314 g/mol. The maximum Gasteiger partial charge on any atom is 0.310 e. The zero-order valence-corrected chi connectivity index (χ0v) is 13.0. The number of hydrogen-bond donors (Lipinski definition) is 2. The molecule has 0 aromatic carbocycles.